The SMILES string of the molecule is CC(C)CCN1C(=O)C2CC2C1=O. The molecule has 1 heterocycles. The maximum Gasteiger partial charge on any atom is 0.233 e. The average Bonchev–Trinajstić information content (AvgIpc) is 2.77. The first kappa shape index (κ1) is 8.73. The quantitative estimate of drug-likeness (QED) is 0.610. The number of piperidine rings is 1. The first-order valence-corrected chi connectivity index (χ1v) is 4.96. The lowest BCUT2D eigenvalue weighted by atomic mass is 10.1. The molecule has 0 aromatic heterocycles. The van der Waals surface area contributed by atoms with Gasteiger partial charge in [0.05, 0.1) is 11.8 Å². The van der Waals surface area contributed by atoms with E-state index in [9.17, 15) is 9.59 Å². The van der Waals surface area contributed by atoms with Crippen molar-refractivity contribution < 1.29 is 9.59 Å². The standard InChI is InChI=1S/C10H15NO2/c1-6(2)3-4-11-9(12)7-5-8(7)10(11)13/h6-8H,3-5H2,1-2H3. The number of hydrogen-bond acceptors (Lipinski definition) is 2. The molecule has 2 aliphatic rings. The summed E-state index contributed by atoms with van der Waals surface area (Å²) >= 11 is 0. The van der Waals surface area contributed by atoms with Gasteiger partial charge in [0, 0.05) is 6.54 Å². The van der Waals surface area contributed by atoms with Crippen LogP contribution in [0, 0.1) is 17.8 Å². The second-order valence-electron chi connectivity index (χ2n) is 4.46. The summed E-state index contributed by atoms with van der Waals surface area (Å²) in [6.45, 7) is 4.83. The van der Waals surface area contributed by atoms with Crippen molar-refractivity contribution in [1.29, 1.82) is 0 Å². The lowest BCUT2D eigenvalue weighted by Crippen LogP contribution is -2.34. The number of rotatable bonds is 3. The van der Waals surface area contributed by atoms with Gasteiger partial charge >= 0.3 is 0 Å². The molecule has 0 aromatic carbocycles. The minimum Gasteiger partial charge on any atom is -0.282 e. The smallest absolute Gasteiger partial charge is 0.233 e. The molecule has 0 spiro atoms. The Morgan fingerprint density at radius 3 is 2.31 bits per heavy atom. The van der Waals surface area contributed by atoms with Crippen molar-refractivity contribution in [3.8, 4) is 0 Å². The van der Waals surface area contributed by atoms with Gasteiger partial charge in [-0.15, -0.1) is 0 Å². The van der Waals surface area contributed by atoms with E-state index in [2.05, 4.69) is 13.8 Å². The molecule has 2 atom stereocenters. The average molecular weight is 181 g/mol. The number of hydrogen-bond donors (Lipinski definition) is 0. The molecule has 1 saturated heterocycles. The molecular weight excluding hydrogens is 166 g/mol. The van der Waals surface area contributed by atoms with Gasteiger partial charge in [0.1, 0.15) is 0 Å². The van der Waals surface area contributed by atoms with Crippen LogP contribution in [-0.4, -0.2) is 23.3 Å². The summed E-state index contributed by atoms with van der Waals surface area (Å²) in [7, 11) is 0. The summed E-state index contributed by atoms with van der Waals surface area (Å²) in [5, 5.41) is 0. The van der Waals surface area contributed by atoms with Crippen LogP contribution in [0.4, 0.5) is 0 Å². The van der Waals surface area contributed by atoms with Crippen molar-refractivity contribution in [1.82, 2.24) is 4.90 Å². The van der Waals surface area contributed by atoms with E-state index in [4.69, 9.17) is 0 Å². The third kappa shape index (κ3) is 1.36. The van der Waals surface area contributed by atoms with Gasteiger partial charge in [-0.05, 0) is 18.8 Å². The molecule has 2 rings (SSSR count). The van der Waals surface area contributed by atoms with Crippen molar-refractivity contribution in [3.63, 3.8) is 0 Å². The number of carbonyl (C=O) groups is 2. The monoisotopic (exact) mass is 181 g/mol. The van der Waals surface area contributed by atoms with Crippen molar-refractivity contribution in [2.24, 2.45) is 17.8 Å². The first-order valence-electron chi connectivity index (χ1n) is 4.96. The van der Waals surface area contributed by atoms with Gasteiger partial charge in [-0.2, -0.15) is 0 Å². The predicted molar refractivity (Wildman–Crippen MR) is 47.8 cm³/mol. The number of nitrogens with zero attached hydrogens (tertiary/aromatic N) is 1. The van der Waals surface area contributed by atoms with Crippen LogP contribution in [0.2, 0.25) is 0 Å². The molecule has 0 radical (unpaired) electrons. The van der Waals surface area contributed by atoms with E-state index in [1.54, 1.807) is 0 Å². The third-order valence-corrected chi connectivity index (χ3v) is 2.89. The fourth-order valence-corrected chi connectivity index (χ4v) is 1.86. The number of amides is 2. The number of likely N-dealkylation sites (tertiary alicyclic amines) is 1. The Labute approximate surface area is 78.1 Å². The minimum absolute atomic E-state index is 0.0691. The highest BCUT2D eigenvalue weighted by molar-refractivity contribution is 6.08. The van der Waals surface area contributed by atoms with E-state index in [-0.39, 0.29) is 23.7 Å². The Bertz CT molecular complexity index is 240. The van der Waals surface area contributed by atoms with Crippen LogP contribution in [0.1, 0.15) is 26.7 Å². The second-order valence-corrected chi connectivity index (χ2v) is 4.46. The van der Waals surface area contributed by atoms with E-state index in [1.807, 2.05) is 0 Å². The fraction of sp³-hybridized carbons (Fsp3) is 0.800. The lowest BCUT2D eigenvalue weighted by molar-refractivity contribution is -0.141. The van der Waals surface area contributed by atoms with Crippen molar-refractivity contribution >= 4 is 11.8 Å². The molecule has 1 aliphatic carbocycles. The zero-order chi connectivity index (χ0) is 9.59. The second kappa shape index (κ2) is 2.82. The summed E-state index contributed by atoms with van der Waals surface area (Å²) in [5.41, 5.74) is 0. The zero-order valence-electron chi connectivity index (χ0n) is 8.12. The molecule has 0 bridgehead atoms. The molecule has 13 heavy (non-hydrogen) atoms. The van der Waals surface area contributed by atoms with E-state index in [0.717, 1.165) is 12.8 Å². The van der Waals surface area contributed by atoms with Gasteiger partial charge in [0.25, 0.3) is 0 Å². The van der Waals surface area contributed by atoms with Crippen LogP contribution in [0.15, 0.2) is 0 Å². The molecule has 1 saturated carbocycles. The molecule has 1 aliphatic heterocycles. The summed E-state index contributed by atoms with van der Waals surface area (Å²) in [5.74, 6) is 0.850. The normalized spacial score (nSPS) is 31.5. The van der Waals surface area contributed by atoms with Gasteiger partial charge < -0.3 is 0 Å². The molecule has 2 fully saturated rings. The van der Waals surface area contributed by atoms with Crippen LogP contribution in [-0.2, 0) is 9.59 Å². The van der Waals surface area contributed by atoms with Crippen molar-refractivity contribution in [2.75, 3.05) is 6.54 Å². The van der Waals surface area contributed by atoms with Crippen LogP contribution < -0.4 is 0 Å². The van der Waals surface area contributed by atoms with Gasteiger partial charge in [-0.3, -0.25) is 14.5 Å². The predicted octanol–water partition coefficient (Wildman–Crippen LogP) is 1.04. The minimum atomic E-state index is 0.0691. The Morgan fingerprint density at radius 2 is 1.85 bits per heavy atom. The molecule has 0 N–H and O–H groups in total. The summed E-state index contributed by atoms with van der Waals surface area (Å²) in [6, 6.07) is 0. The fourth-order valence-electron chi connectivity index (χ4n) is 1.86. The third-order valence-electron chi connectivity index (χ3n) is 2.89. The Hall–Kier alpha value is -0.860. The molecule has 2 unspecified atom stereocenters. The molecule has 3 heteroatoms. The highest BCUT2D eigenvalue weighted by Gasteiger charge is 2.58. The van der Waals surface area contributed by atoms with Gasteiger partial charge in [-0.25, -0.2) is 0 Å². The Morgan fingerprint density at radius 1 is 1.31 bits per heavy atom. The highest BCUT2D eigenvalue weighted by atomic mass is 16.2. The first-order chi connectivity index (χ1) is 6.11. The highest BCUT2D eigenvalue weighted by Crippen LogP contribution is 2.46. The van der Waals surface area contributed by atoms with Crippen LogP contribution in [0.3, 0.4) is 0 Å². The summed E-state index contributed by atoms with van der Waals surface area (Å²) in [4.78, 5) is 24.4. The van der Waals surface area contributed by atoms with E-state index in [0.29, 0.717) is 12.5 Å². The molecule has 2 amide bonds. The largest absolute Gasteiger partial charge is 0.282 e. The number of imide groups is 1. The molecular formula is C10H15NO2. The topological polar surface area (TPSA) is 37.4 Å². The summed E-state index contributed by atoms with van der Waals surface area (Å²) < 4.78 is 0. The maximum atomic E-state index is 11.5. The van der Waals surface area contributed by atoms with Crippen molar-refractivity contribution in [3.05, 3.63) is 0 Å². The molecule has 0 aromatic rings. The molecule has 3 nitrogen and oxygen atoms in total. The van der Waals surface area contributed by atoms with E-state index >= 15 is 0 Å². The summed E-state index contributed by atoms with van der Waals surface area (Å²) in [6.07, 6.45) is 1.74. The van der Waals surface area contributed by atoms with E-state index in [1.165, 1.54) is 4.90 Å². The number of fused-ring (bicyclic) bond motifs is 1. The Kier molecular flexibility index (Phi) is 1.90. The van der Waals surface area contributed by atoms with Gasteiger partial charge in [-0.1, -0.05) is 13.8 Å². The Balaban J connectivity index is 1.93. The van der Waals surface area contributed by atoms with Gasteiger partial charge in [0.2, 0.25) is 11.8 Å². The van der Waals surface area contributed by atoms with Crippen LogP contribution >= 0.6 is 0 Å². The maximum absolute atomic E-state index is 11.5. The van der Waals surface area contributed by atoms with Crippen LogP contribution in [0.25, 0.3) is 0 Å². The van der Waals surface area contributed by atoms with Crippen molar-refractivity contribution in [2.45, 2.75) is 26.7 Å². The number of carbonyl (C=O) groups excluding carboxylic acids is 2. The zero-order valence-corrected chi connectivity index (χ0v) is 8.12. The van der Waals surface area contributed by atoms with Crippen LogP contribution in [0.5, 0.6) is 0 Å². The van der Waals surface area contributed by atoms with E-state index < -0.39 is 0 Å². The van der Waals surface area contributed by atoms with Gasteiger partial charge in [0.15, 0.2) is 0 Å². The molecule has 72 valence electrons. The lowest BCUT2D eigenvalue weighted by Gasteiger charge is -2.17.